The summed E-state index contributed by atoms with van der Waals surface area (Å²) in [7, 11) is 1.95. The van der Waals surface area contributed by atoms with Crippen LogP contribution in [0, 0.1) is 5.82 Å². The van der Waals surface area contributed by atoms with Crippen LogP contribution in [-0.2, 0) is 19.9 Å². The van der Waals surface area contributed by atoms with E-state index in [-0.39, 0.29) is 11.9 Å². The molecule has 5 heteroatoms. The van der Waals surface area contributed by atoms with Crippen molar-refractivity contribution < 1.29 is 9.13 Å². The van der Waals surface area contributed by atoms with Gasteiger partial charge >= 0.3 is 0 Å². The van der Waals surface area contributed by atoms with Gasteiger partial charge < -0.3 is 10.1 Å². The number of hydrogen-bond acceptors (Lipinski definition) is 3. The van der Waals surface area contributed by atoms with Gasteiger partial charge in [0.2, 0.25) is 0 Å². The third kappa shape index (κ3) is 2.82. The van der Waals surface area contributed by atoms with Gasteiger partial charge in [0.05, 0.1) is 0 Å². The molecule has 0 aliphatic carbocycles. The molecule has 0 saturated carbocycles. The van der Waals surface area contributed by atoms with E-state index in [9.17, 15) is 4.39 Å². The molecule has 1 aliphatic rings. The van der Waals surface area contributed by atoms with Gasteiger partial charge in [-0.2, -0.15) is 5.10 Å². The van der Waals surface area contributed by atoms with E-state index < -0.39 is 0 Å². The molecule has 4 nitrogen and oxygen atoms in total. The predicted octanol–water partition coefficient (Wildman–Crippen LogP) is 1.69. The second-order valence-electron chi connectivity index (χ2n) is 5.10. The molecule has 3 rings (SSSR count). The molecule has 1 N–H and O–H groups in total. The van der Waals surface area contributed by atoms with Gasteiger partial charge in [-0.15, -0.1) is 0 Å². The maximum Gasteiger partial charge on any atom is 0.123 e. The van der Waals surface area contributed by atoms with Crippen LogP contribution in [0.25, 0.3) is 0 Å². The van der Waals surface area contributed by atoms with Crippen molar-refractivity contribution in [3.8, 4) is 5.75 Å². The Balaban J connectivity index is 1.44. The molecular weight excluding hydrogens is 257 g/mol. The fraction of sp³-hybridized carbons (Fsp3) is 0.400. The number of ether oxygens (including phenoxy) is 1. The maximum atomic E-state index is 13.1. The van der Waals surface area contributed by atoms with Crippen LogP contribution in [0.4, 0.5) is 4.39 Å². The van der Waals surface area contributed by atoms with Crippen LogP contribution in [-0.4, -0.2) is 29.0 Å². The molecule has 0 bridgehead atoms. The monoisotopic (exact) mass is 275 g/mol. The fourth-order valence-electron chi connectivity index (χ4n) is 2.53. The Labute approximate surface area is 117 Å². The summed E-state index contributed by atoms with van der Waals surface area (Å²) in [4.78, 5) is 0. The molecule has 1 aliphatic heterocycles. The lowest BCUT2D eigenvalue weighted by atomic mass is 10.1. The molecule has 1 aromatic carbocycles. The van der Waals surface area contributed by atoms with Crippen molar-refractivity contribution in [1.82, 2.24) is 15.1 Å². The number of hydrogen-bond donors (Lipinski definition) is 1. The van der Waals surface area contributed by atoms with Crippen LogP contribution in [0.2, 0.25) is 0 Å². The zero-order valence-corrected chi connectivity index (χ0v) is 11.5. The fourth-order valence-corrected chi connectivity index (χ4v) is 2.53. The Hall–Kier alpha value is -1.88. The van der Waals surface area contributed by atoms with Gasteiger partial charge in [0, 0.05) is 50.4 Å². The molecule has 1 unspecified atom stereocenters. The summed E-state index contributed by atoms with van der Waals surface area (Å²) >= 11 is 0. The summed E-state index contributed by atoms with van der Waals surface area (Å²) in [5.74, 6) is 0.613. The van der Waals surface area contributed by atoms with Crippen LogP contribution in [0.15, 0.2) is 30.5 Å². The minimum atomic E-state index is -0.197. The first kappa shape index (κ1) is 13.1. The highest BCUT2D eigenvalue weighted by molar-refractivity contribution is 5.37. The Morgan fingerprint density at radius 2 is 2.35 bits per heavy atom. The summed E-state index contributed by atoms with van der Waals surface area (Å²) in [6.07, 6.45) is 3.61. The summed E-state index contributed by atoms with van der Waals surface area (Å²) in [6.45, 7) is 1.65. The molecule has 20 heavy (non-hydrogen) atoms. The molecule has 0 spiro atoms. The van der Waals surface area contributed by atoms with Gasteiger partial charge in [-0.3, -0.25) is 4.68 Å². The van der Waals surface area contributed by atoms with E-state index in [0.29, 0.717) is 0 Å². The number of nitrogens with zero attached hydrogens (tertiary/aromatic N) is 2. The molecule has 0 radical (unpaired) electrons. The van der Waals surface area contributed by atoms with Gasteiger partial charge in [0.1, 0.15) is 17.7 Å². The van der Waals surface area contributed by atoms with Crippen LogP contribution >= 0.6 is 0 Å². The first-order valence-corrected chi connectivity index (χ1v) is 6.85. The van der Waals surface area contributed by atoms with Gasteiger partial charge in [-0.25, -0.2) is 4.39 Å². The van der Waals surface area contributed by atoms with Gasteiger partial charge in [0.25, 0.3) is 0 Å². The Kier molecular flexibility index (Phi) is 3.69. The summed E-state index contributed by atoms with van der Waals surface area (Å²) in [6, 6.07) is 6.73. The van der Waals surface area contributed by atoms with Crippen molar-refractivity contribution in [1.29, 1.82) is 0 Å². The number of aryl methyl sites for hydroxylation is 1. The summed E-state index contributed by atoms with van der Waals surface area (Å²) < 4.78 is 20.8. The Morgan fingerprint density at radius 3 is 3.15 bits per heavy atom. The van der Waals surface area contributed by atoms with Crippen molar-refractivity contribution >= 4 is 0 Å². The quantitative estimate of drug-likeness (QED) is 0.844. The largest absolute Gasteiger partial charge is 0.488 e. The van der Waals surface area contributed by atoms with Crippen molar-refractivity contribution in [2.24, 2.45) is 7.05 Å². The van der Waals surface area contributed by atoms with Crippen LogP contribution in [0.3, 0.4) is 0 Å². The highest BCUT2D eigenvalue weighted by Crippen LogP contribution is 2.28. The number of nitrogens with one attached hydrogen (secondary N) is 1. The zero-order valence-electron chi connectivity index (χ0n) is 11.5. The normalized spacial score (nSPS) is 17.0. The van der Waals surface area contributed by atoms with E-state index in [4.69, 9.17) is 4.74 Å². The minimum absolute atomic E-state index is 0.0957. The maximum absolute atomic E-state index is 13.1. The lowest BCUT2D eigenvalue weighted by molar-refractivity contribution is 0.228. The van der Waals surface area contributed by atoms with Crippen molar-refractivity contribution in [3.63, 3.8) is 0 Å². The van der Waals surface area contributed by atoms with E-state index in [1.807, 2.05) is 17.8 Å². The molecule has 106 valence electrons. The first-order chi connectivity index (χ1) is 9.72. The van der Waals surface area contributed by atoms with E-state index in [1.54, 1.807) is 18.3 Å². The first-order valence-electron chi connectivity index (χ1n) is 6.85. The number of halogens is 1. The molecule has 2 heterocycles. The third-order valence-corrected chi connectivity index (χ3v) is 3.62. The summed E-state index contributed by atoms with van der Waals surface area (Å²) in [5.41, 5.74) is 2.17. The standard InChI is InChI=1S/C15H18FN3O/c1-19-13(5-7-18-19)4-6-17-10-14-9-11-8-12(16)2-3-15(11)20-14/h2-3,5,7-8,14,17H,4,6,9-10H2,1H3. The average Bonchev–Trinajstić information content (AvgIpc) is 3.00. The second kappa shape index (κ2) is 5.63. The lowest BCUT2D eigenvalue weighted by Gasteiger charge is -2.11. The molecular formula is C15H18FN3O. The molecule has 0 saturated heterocycles. The number of fused-ring (bicyclic) bond motifs is 1. The van der Waals surface area contributed by atoms with Crippen LogP contribution in [0.5, 0.6) is 5.75 Å². The minimum Gasteiger partial charge on any atom is -0.488 e. The second-order valence-corrected chi connectivity index (χ2v) is 5.10. The molecule has 1 aromatic heterocycles. The van der Waals surface area contributed by atoms with E-state index in [1.165, 1.54) is 11.8 Å². The number of aromatic nitrogens is 2. The molecule has 0 fully saturated rings. The molecule has 1 atom stereocenters. The van der Waals surface area contributed by atoms with Crippen LogP contribution in [0.1, 0.15) is 11.3 Å². The van der Waals surface area contributed by atoms with Gasteiger partial charge in [-0.05, 0) is 24.3 Å². The van der Waals surface area contributed by atoms with E-state index in [2.05, 4.69) is 10.4 Å². The number of benzene rings is 1. The average molecular weight is 275 g/mol. The highest BCUT2D eigenvalue weighted by atomic mass is 19.1. The number of rotatable bonds is 5. The Bertz CT molecular complexity index is 597. The summed E-state index contributed by atoms with van der Waals surface area (Å²) in [5, 5.41) is 7.52. The van der Waals surface area contributed by atoms with E-state index in [0.717, 1.165) is 37.2 Å². The SMILES string of the molecule is Cn1nccc1CCNCC1Cc2cc(F)ccc2O1. The highest BCUT2D eigenvalue weighted by Gasteiger charge is 2.22. The third-order valence-electron chi connectivity index (χ3n) is 3.62. The van der Waals surface area contributed by atoms with Gasteiger partial charge in [-0.1, -0.05) is 0 Å². The van der Waals surface area contributed by atoms with Gasteiger partial charge in [0.15, 0.2) is 0 Å². The Morgan fingerprint density at radius 1 is 1.45 bits per heavy atom. The zero-order chi connectivity index (χ0) is 13.9. The van der Waals surface area contributed by atoms with Crippen molar-refractivity contribution in [2.75, 3.05) is 13.1 Å². The predicted molar refractivity (Wildman–Crippen MR) is 74.3 cm³/mol. The topological polar surface area (TPSA) is 39.1 Å². The van der Waals surface area contributed by atoms with Crippen LogP contribution < -0.4 is 10.1 Å². The molecule has 2 aromatic rings. The molecule has 0 amide bonds. The lowest BCUT2D eigenvalue weighted by Crippen LogP contribution is -2.31. The van der Waals surface area contributed by atoms with Crippen molar-refractivity contribution in [3.05, 3.63) is 47.5 Å². The van der Waals surface area contributed by atoms with Crippen molar-refractivity contribution in [2.45, 2.75) is 18.9 Å². The smallest absolute Gasteiger partial charge is 0.123 e. The van der Waals surface area contributed by atoms with E-state index >= 15 is 0 Å².